The summed E-state index contributed by atoms with van der Waals surface area (Å²) in [6.07, 6.45) is 3.33. The summed E-state index contributed by atoms with van der Waals surface area (Å²) >= 11 is 11.4. The number of aromatic nitrogens is 5. The van der Waals surface area contributed by atoms with Crippen molar-refractivity contribution in [1.29, 1.82) is 0 Å². The van der Waals surface area contributed by atoms with E-state index in [-0.39, 0.29) is 0 Å². The zero-order valence-electron chi connectivity index (χ0n) is 12.2. The second-order valence-corrected chi connectivity index (χ2v) is 5.61. The number of nitrogens with zero attached hydrogens (tertiary/aromatic N) is 4. The largest absolute Gasteiger partial charge is 0.282 e. The molecule has 3 rings (SSSR count). The number of hydrogen-bond donors (Lipinski definition) is 2. The molecule has 0 fully saturated rings. The molecule has 0 aliphatic carbocycles. The quantitative estimate of drug-likeness (QED) is 0.559. The van der Waals surface area contributed by atoms with E-state index in [2.05, 4.69) is 25.5 Å². The lowest BCUT2D eigenvalue weighted by atomic mass is 10.2. The maximum Gasteiger partial charge on any atom is 0.216 e. The topological polar surface area (TPSA) is 74.7 Å². The van der Waals surface area contributed by atoms with Crippen molar-refractivity contribution in [3.8, 4) is 11.5 Å². The summed E-state index contributed by atoms with van der Waals surface area (Å²) in [6.45, 7) is 1.91. The number of allylic oxidation sites excluding steroid dienone is 1. The molecule has 0 radical (unpaired) electrons. The van der Waals surface area contributed by atoms with Crippen molar-refractivity contribution in [3.63, 3.8) is 0 Å². The van der Waals surface area contributed by atoms with E-state index in [1.54, 1.807) is 0 Å². The molecule has 1 aromatic carbocycles. The van der Waals surface area contributed by atoms with Crippen molar-refractivity contribution in [2.75, 3.05) is 0 Å². The lowest BCUT2D eigenvalue weighted by molar-refractivity contribution is 0.866. The van der Waals surface area contributed by atoms with Crippen LogP contribution in [0.1, 0.15) is 11.3 Å². The third-order valence-corrected chi connectivity index (χ3v) is 3.46. The smallest absolute Gasteiger partial charge is 0.216 e. The van der Waals surface area contributed by atoms with E-state index >= 15 is 0 Å². The Labute approximate surface area is 142 Å². The molecular weight excluding hydrogens is 332 g/mol. The van der Waals surface area contributed by atoms with Gasteiger partial charge in [-0.05, 0) is 36.8 Å². The molecule has 23 heavy (non-hydrogen) atoms. The molecule has 6 nitrogen and oxygen atoms in total. The molecule has 0 spiro atoms. The molecular formula is C15H13ClN6S. The predicted octanol–water partition coefficient (Wildman–Crippen LogP) is 3.75. The van der Waals surface area contributed by atoms with Gasteiger partial charge in [0.05, 0.1) is 11.2 Å². The molecule has 3 aromatic rings. The van der Waals surface area contributed by atoms with Gasteiger partial charge in [0.2, 0.25) is 10.6 Å². The Hall–Kier alpha value is -2.51. The number of benzene rings is 1. The zero-order chi connectivity index (χ0) is 16.2. The average molecular weight is 345 g/mol. The number of halogens is 1. The Kier molecular flexibility index (Phi) is 4.50. The van der Waals surface area contributed by atoms with Crippen molar-refractivity contribution in [3.05, 3.63) is 57.5 Å². The number of rotatable bonds is 4. The maximum absolute atomic E-state index is 6.20. The Morgan fingerprint density at radius 3 is 2.74 bits per heavy atom. The normalized spacial score (nSPS) is 12.2. The van der Waals surface area contributed by atoms with Gasteiger partial charge < -0.3 is 0 Å². The van der Waals surface area contributed by atoms with Crippen LogP contribution in [-0.2, 0) is 0 Å². The third-order valence-electron chi connectivity index (χ3n) is 2.99. The summed E-state index contributed by atoms with van der Waals surface area (Å²) in [4.78, 5) is 0. The molecule has 0 saturated carbocycles. The standard InChI is InChI=1S/C15H13ClN6S/c1-10-7-13(19-18-10)14-20-21-15(23)22(14)17-9-12(16)8-11-5-3-2-4-6-11/h2-9H,1H3,(H,18,19)(H,21,23)/b12-8+,17-9+. The highest BCUT2D eigenvalue weighted by Crippen LogP contribution is 2.15. The van der Waals surface area contributed by atoms with Crippen LogP contribution in [0.5, 0.6) is 0 Å². The summed E-state index contributed by atoms with van der Waals surface area (Å²) in [7, 11) is 0. The van der Waals surface area contributed by atoms with Crippen LogP contribution in [-0.4, -0.2) is 31.3 Å². The number of nitrogens with one attached hydrogen (secondary N) is 2. The molecule has 0 saturated heterocycles. The van der Waals surface area contributed by atoms with E-state index in [1.165, 1.54) is 10.9 Å². The second-order valence-electron chi connectivity index (χ2n) is 4.78. The van der Waals surface area contributed by atoms with Gasteiger partial charge in [-0.2, -0.15) is 20.0 Å². The SMILES string of the molecule is Cc1cc(-c2n[nH]c(=S)n2/N=C/C(Cl)=C\c2ccccc2)n[nH]1. The molecule has 0 atom stereocenters. The number of H-pyrrole nitrogens is 2. The van der Waals surface area contributed by atoms with Gasteiger partial charge >= 0.3 is 0 Å². The summed E-state index contributed by atoms with van der Waals surface area (Å²) in [5.74, 6) is 0.514. The van der Waals surface area contributed by atoms with E-state index < -0.39 is 0 Å². The van der Waals surface area contributed by atoms with E-state index in [0.29, 0.717) is 21.3 Å². The fourth-order valence-electron chi connectivity index (χ4n) is 1.96. The van der Waals surface area contributed by atoms with Crippen LogP contribution in [0, 0.1) is 11.7 Å². The second kappa shape index (κ2) is 6.72. The van der Waals surface area contributed by atoms with Crippen molar-refractivity contribution in [2.45, 2.75) is 6.92 Å². The van der Waals surface area contributed by atoms with Gasteiger partial charge in [-0.25, -0.2) is 5.10 Å². The summed E-state index contributed by atoms with van der Waals surface area (Å²) < 4.78 is 1.84. The Morgan fingerprint density at radius 2 is 2.04 bits per heavy atom. The molecule has 2 N–H and O–H groups in total. The van der Waals surface area contributed by atoms with Crippen LogP contribution in [0.3, 0.4) is 0 Å². The molecule has 2 heterocycles. The lowest BCUT2D eigenvalue weighted by Crippen LogP contribution is -1.94. The van der Waals surface area contributed by atoms with Gasteiger partial charge in [-0.1, -0.05) is 41.9 Å². The van der Waals surface area contributed by atoms with Crippen molar-refractivity contribution >= 4 is 36.1 Å². The first-order chi connectivity index (χ1) is 11.1. The Morgan fingerprint density at radius 1 is 1.26 bits per heavy atom. The maximum atomic E-state index is 6.20. The van der Waals surface area contributed by atoms with Crippen LogP contribution in [0.15, 0.2) is 46.5 Å². The fourth-order valence-corrected chi connectivity index (χ4v) is 2.30. The van der Waals surface area contributed by atoms with E-state index in [1.807, 2.05) is 49.4 Å². The summed E-state index contributed by atoms with van der Waals surface area (Å²) in [6, 6.07) is 11.6. The average Bonchev–Trinajstić information content (AvgIpc) is 3.12. The van der Waals surface area contributed by atoms with Crippen LogP contribution in [0.2, 0.25) is 0 Å². The molecule has 0 aliphatic rings. The van der Waals surface area contributed by atoms with Gasteiger partial charge in [0, 0.05) is 5.69 Å². The minimum Gasteiger partial charge on any atom is -0.282 e. The highest BCUT2D eigenvalue weighted by Gasteiger charge is 2.10. The van der Waals surface area contributed by atoms with Crippen LogP contribution < -0.4 is 0 Å². The van der Waals surface area contributed by atoms with Crippen LogP contribution >= 0.6 is 23.8 Å². The zero-order valence-corrected chi connectivity index (χ0v) is 13.8. The molecule has 0 amide bonds. The molecule has 0 aliphatic heterocycles. The van der Waals surface area contributed by atoms with Gasteiger partial charge in [0.15, 0.2) is 0 Å². The Bertz CT molecular complexity index is 919. The van der Waals surface area contributed by atoms with Gasteiger partial charge in [-0.3, -0.25) is 5.10 Å². The minimum absolute atomic E-state index is 0.362. The minimum atomic E-state index is 0.362. The number of aromatic amines is 2. The van der Waals surface area contributed by atoms with Gasteiger partial charge in [0.25, 0.3) is 0 Å². The summed E-state index contributed by atoms with van der Waals surface area (Å²) in [5, 5.41) is 18.6. The third kappa shape index (κ3) is 3.64. The van der Waals surface area contributed by atoms with E-state index in [9.17, 15) is 0 Å². The van der Waals surface area contributed by atoms with Gasteiger partial charge in [0.1, 0.15) is 5.69 Å². The monoisotopic (exact) mass is 344 g/mol. The van der Waals surface area contributed by atoms with Crippen molar-refractivity contribution in [2.24, 2.45) is 5.10 Å². The summed E-state index contributed by atoms with van der Waals surface area (Å²) in [5.41, 5.74) is 2.56. The number of hydrogen-bond acceptors (Lipinski definition) is 4. The Balaban J connectivity index is 1.90. The molecule has 2 aromatic heterocycles. The predicted molar refractivity (Wildman–Crippen MR) is 93.9 cm³/mol. The highest BCUT2D eigenvalue weighted by molar-refractivity contribution is 7.71. The van der Waals surface area contributed by atoms with Crippen LogP contribution in [0.4, 0.5) is 0 Å². The van der Waals surface area contributed by atoms with Crippen molar-refractivity contribution < 1.29 is 0 Å². The first-order valence-electron chi connectivity index (χ1n) is 6.80. The molecule has 0 unspecified atom stereocenters. The fraction of sp³-hybridized carbons (Fsp3) is 0.0667. The molecule has 116 valence electrons. The molecule has 0 bridgehead atoms. The number of aryl methyl sites for hydroxylation is 1. The first kappa shape index (κ1) is 15.4. The van der Waals surface area contributed by atoms with Crippen LogP contribution in [0.25, 0.3) is 17.6 Å². The van der Waals surface area contributed by atoms with Crippen molar-refractivity contribution in [1.82, 2.24) is 25.1 Å². The first-order valence-corrected chi connectivity index (χ1v) is 7.58. The lowest BCUT2D eigenvalue weighted by Gasteiger charge is -1.97. The molecule has 8 heteroatoms. The highest BCUT2D eigenvalue weighted by atomic mass is 35.5. The van der Waals surface area contributed by atoms with Gasteiger partial charge in [-0.15, -0.1) is 0 Å². The van der Waals surface area contributed by atoms with E-state index in [0.717, 1.165) is 11.3 Å². The van der Waals surface area contributed by atoms with E-state index in [4.69, 9.17) is 23.8 Å².